The number of thiazole rings is 1. The van der Waals surface area contributed by atoms with Crippen molar-refractivity contribution in [3.63, 3.8) is 0 Å². The van der Waals surface area contributed by atoms with Gasteiger partial charge in [0.1, 0.15) is 37.7 Å². The van der Waals surface area contributed by atoms with Gasteiger partial charge < -0.3 is 44.3 Å². The summed E-state index contributed by atoms with van der Waals surface area (Å²) in [7, 11) is 0. The number of ether oxygens (including phenoxy) is 5. The molecule has 0 spiro atoms. The molecule has 1 aliphatic rings. The van der Waals surface area contributed by atoms with Crippen molar-refractivity contribution >= 4 is 46.3 Å². The Balaban J connectivity index is 0.842. The highest BCUT2D eigenvalue weighted by molar-refractivity contribution is 7.13. The van der Waals surface area contributed by atoms with Gasteiger partial charge in [-0.2, -0.15) is 4.98 Å². The molecular weight excluding hydrogens is 934 g/mol. The lowest BCUT2D eigenvalue weighted by Crippen LogP contribution is -2.58. The molecule has 3 aromatic carbocycles. The number of aliphatic hydroxyl groups excluding tert-OH is 1. The number of hydrogen-bond acceptors (Lipinski definition) is 13. The molecule has 0 radical (unpaired) electrons. The number of carbonyl (C=O) groups excluding carboxylic acids is 3. The number of hydrogen-bond donors (Lipinski definition) is 3. The van der Waals surface area contributed by atoms with Crippen LogP contribution in [-0.4, -0.2) is 114 Å². The Morgan fingerprint density at radius 3 is 2.23 bits per heavy atom. The topological polar surface area (TPSA) is 188 Å². The first-order valence-corrected chi connectivity index (χ1v) is 24.4. The van der Waals surface area contributed by atoms with Crippen LogP contribution >= 0.6 is 22.9 Å². The Hall–Kier alpha value is -6.00. The Morgan fingerprint density at radius 2 is 1.57 bits per heavy atom. The number of carbonyl (C=O) groups is 3. The fourth-order valence-electron chi connectivity index (χ4n) is 7.83. The summed E-state index contributed by atoms with van der Waals surface area (Å²) >= 11 is 7.85. The summed E-state index contributed by atoms with van der Waals surface area (Å²) in [6.07, 6.45) is 0.798. The summed E-state index contributed by atoms with van der Waals surface area (Å²) < 4.78 is 28.4. The van der Waals surface area contributed by atoms with Crippen LogP contribution < -0.4 is 20.1 Å². The number of nitrogens with zero attached hydrogens (tertiary/aromatic N) is 5. The molecule has 0 bridgehead atoms. The summed E-state index contributed by atoms with van der Waals surface area (Å²) in [6.45, 7) is 22.2. The molecule has 3 amide bonds. The molecule has 0 unspecified atom stereocenters. The molecule has 2 aromatic heterocycles. The van der Waals surface area contributed by atoms with Gasteiger partial charge in [0.25, 0.3) is 0 Å². The molecular formula is C52H62ClN7O9S. The minimum absolute atomic E-state index is 0.0294. The van der Waals surface area contributed by atoms with Crippen molar-refractivity contribution in [3.05, 3.63) is 129 Å². The summed E-state index contributed by atoms with van der Waals surface area (Å²) in [6, 6.07) is 20.8. The van der Waals surface area contributed by atoms with E-state index in [1.807, 2.05) is 101 Å². The predicted molar refractivity (Wildman–Crippen MR) is 267 cm³/mol. The van der Waals surface area contributed by atoms with Gasteiger partial charge in [0.15, 0.2) is 5.69 Å². The summed E-state index contributed by atoms with van der Waals surface area (Å²) in [5.74, 6) is -0.661. The minimum atomic E-state index is -0.982. The fourth-order valence-corrected chi connectivity index (χ4v) is 8.87. The van der Waals surface area contributed by atoms with Crippen molar-refractivity contribution in [2.45, 2.75) is 91.1 Å². The lowest BCUT2D eigenvalue weighted by molar-refractivity contribution is -0.144. The molecule has 3 N–H and O–H groups in total. The van der Waals surface area contributed by atoms with Crippen LogP contribution in [-0.2, 0) is 40.6 Å². The number of benzene rings is 3. The molecule has 5 aromatic rings. The predicted octanol–water partition coefficient (Wildman–Crippen LogP) is 7.82. The first-order chi connectivity index (χ1) is 33.4. The van der Waals surface area contributed by atoms with E-state index in [-0.39, 0.29) is 82.6 Å². The molecule has 1 saturated heterocycles. The number of aliphatic hydroxyl groups is 1. The van der Waals surface area contributed by atoms with E-state index in [1.54, 1.807) is 29.7 Å². The van der Waals surface area contributed by atoms with Crippen molar-refractivity contribution < 1.29 is 43.2 Å². The third-order valence-corrected chi connectivity index (χ3v) is 13.1. The molecule has 70 heavy (non-hydrogen) atoms. The maximum absolute atomic E-state index is 14.0. The van der Waals surface area contributed by atoms with Crippen LogP contribution in [0, 0.1) is 18.9 Å². The number of nitrogens with one attached hydrogen (secondary N) is 2. The number of aromatic nitrogens is 3. The lowest BCUT2D eigenvalue weighted by Gasteiger charge is -2.35. The first-order valence-electron chi connectivity index (χ1n) is 23.1. The Morgan fingerprint density at radius 1 is 0.886 bits per heavy atom. The standard InChI is InChI=1S/C52H62ClN7O9S/c1-33(35-9-11-36(12-10-35)46-34(2)56-32-70-46)57-48(63)44-28-42(61)29-60(44)49(64)47(51(3,4)5)59-45(62)31-67-22-21-65-19-20-66-23-24-68-50-55-18-17-40(58-50)30-69-43-15-13-37(14-16-43)52(6,7)38-25-39(53)27-41(26-38)54-8/h9-18,25-27,32-33,42,44,47,61H,19-24,28-31H2,1-7H3,(H,57,63)(H,59,62)/t33-,42+,44-,47+/m0/s1. The monoisotopic (exact) mass is 995 g/mol. The normalized spacial score (nSPS) is 15.7. The second kappa shape index (κ2) is 24.7. The maximum Gasteiger partial charge on any atom is 0.316 e. The van der Waals surface area contributed by atoms with E-state index in [0.717, 1.165) is 32.8 Å². The number of halogens is 1. The van der Waals surface area contributed by atoms with Crippen LogP contribution in [0.4, 0.5) is 5.69 Å². The van der Waals surface area contributed by atoms with Crippen LogP contribution in [0.5, 0.6) is 11.8 Å². The highest BCUT2D eigenvalue weighted by atomic mass is 35.5. The Bertz CT molecular complexity index is 2580. The minimum Gasteiger partial charge on any atom is -0.487 e. The van der Waals surface area contributed by atoms with Gasteiger partial charge >= 0.3 is 6.01 Å². The molecule has 1 fully saturated rings. The van der Waals surface area contributed by atoms with Crippen molar-refractivity contribution in [1.29, 1.82) is 0 Å². The highest BCUT2D eigenvalue weighted by Crippen LogP contribution is 2.36. The van der Waals surface area contributed by atoms with E-state index >= 15 is 0 Å². The molecule has 372 valence electrons. The van der Waals surface area contributed by atoms with Crippen molar-refractivity contribution in [1.82, 2.24) is 30.5 Å². The molecule has 6 rings (SSSR count). The average Bonchev–Trinajstić information content (AvgIpc) is 3.96. The lowest BCUT2D eigenvalue weighted by atomic mass is 9.78. The van der Waals surface area contributed by atoms with Gasteiger partial charge in [0.05, 0.1) is 73.5 Å². The SMILES string of the molecule is [C-]#[N+]c1cc(Cl)cc(C(C)(C)c2ccc(OCc3ccnc(OCCOCCOCCOCC(=O)N[C@H](C(=O)N4C[C@H](O)C[C@H]4C(=O)N[C@@H](C)c4ccc(-c5scnc5C)cc4)C(C)(C)C)n3)cc2)c1. The van der Waals surface area contributed by atoms with E-state index in [0.29, 0.717) is 28.8 Å². The summed E-state index contributed by atoms with van der Waals surface area (Å²) in [5.41, 5.74) is 6.75. The van der Waals surface area contributed by atoms with E-state index in [1.165, 1.54) is 4.90 Å². The van der Waals surface area contributed by atoms with Crippen LogP contribution in [0.1, 0.15) is 82.1 Å². The van der Waals surface area contributed by atoms with Crippen molar-refractivity contribution in [2.24, 2.45) is 5.41 Å². The van der Waals surface area contributed by atoms with E-state index < -0.39 is 35.4 Å². The van der Waals surface area contributed by atoms with Gasteiger partial charge in [-0.25, -0.2) is 14.8 Å². The Labute approximate surface area is 418 Å². The van der Waals surface area contributed by atoms with E-state index in [2.05, 4.69) is 44.3 Å². The average molecular weight is 997 g/mol. The van der Waals surface area contributed by atoms with Crippen LogP contribution in [0.3, 0.4) is 0 Å². The Kier molecular flexibility index (Phi) is 18.8. The van der Waals surface area contributed by atoms with Gasteiger partial charge in [0.2, 0.25) is 17.7 Å². The second-order valence-electron chi connectivity index (χ2n) is 18.6. The first kappa shape index (κ1) is 53.4. The molecule has 4 atom stereocenters. The number of rotatable bonds is 23. The van der Waals surface area contributed by atoms with Gasteiger partial charge in [-0.1, -0.05) is 88.7 Å². The molecule has 0 saturated carbocycles. The maximum atomic E-state index is 14.0. The molecule has 18 heteroatoms. The van der Waals surface area contributed by atoms with E-state index in [9.17, 15) is 19.5 Å². The zero-order valence-corrected chi connectivity index (χ0v) is 42.3. The summed E-state index contributed by atoms with van der Waals surface area (Å²) in [5, 5.41) is 17.0. The zero-order valence-electron chi connectivity index (χ0n) is 40.7. The molecule has 1 aliphatic heterocycles. The van der Waals surface area contributed by atoms with Gasteiger partial charge in [-0.15, -0.1) is 11.3 Å². The zero-order chi connectivity index (χ0) is 50.4. The molecule has 0 aliphatic carbocycles. The number of likely N-dealkylation sites (tertiary alicyclic amines) is 1. The largest absolute Gasteiger partial charge is 0.487 e. The van der Waals surface area contributed by atoms with E-state index in [4.69, 9.17) is 41.9 Å². The number of aryl methyl sites for hydroxylation is 1. The van der Waals surface area contributed by atoms with Gasteiger partial charge in [0, 0.05) is 29.6 Å². The number of β-amino-alcohol motifs (C(OH)–C–C–N with tert-alkyl or cyclic N) is 1. The van der Waals surface area contributed by atoms with Crippen LogP contribution in [0.15, 0.2) is 84.5 Å². The summed E-state index contributed by atoms with van der Waals surface area (Å²) in [4.78, 5) is 59.6. The number of amides is 3. The van der Waals surface area contributed by atoms with Gasteiger partial charge in [-0.3, -0.25) is 14.4 Å². The third kappa shape index (κ3) is 14.8. The molecule has 16 nitrogen and oxygen atoms in total. The van der Waals surface area contributed by atoms with Gasteiger partial charge in [-0.05, 0) is 71.8 Å². The van der Waals surface area contributed by atoms with Crippen molar-refractivity contribution in [2.75, 3.05) is 52.8 Å². The highest BCUT2D eigenvalue weighted by Gasteiger charge is 2.44. The van der Waals surface area contributed by atoms with Crippen LogP contribution in [0.25, 0.3) is 15.3 Å². The second-order valence-corrected chi connectivity index (χ2v) is 19.9. The molecule has 3 heterocycles. The smallest absolute Gasteiger partial charge is 0.316 e. The quantitative estimate of drug-likeness (QED) is 0.0426. The third-order valence-electron chi connectivity index (χ3n) is 11.9. The van der Waals surface area contributed by atoms with Crippen LogP contribution in [0.2, 0.25) is 5.02 Å². The fraction of sp³-hybridized carbons (Fsp3) is 0.442. The van der Waals surface area contributed by atoms with Crippen molar-refractivity contribution in [3.8, 4) is 22.2 Å².